The van der Waals surface area contributed by atoms with Gasteiger partial charge in [0.1, 0.15) is 4.21 Å². The molecule has 4 nitrogen and oxygen atoms in total. The lowest BCUT2D eigenvalue weighted by molar-refractivity contribution is 0.285. The molecule has 0 amide bonds. The van der Waals surface area contributed by atoms with E-state index in [4.69, 9.17) is 5.11 Å². The van der Waals surface area contributed by atoms with Crippen LogP contribution in [0.1, 0.15) is 10.4 Å². The topological polar surface area (TPSA) is 57.6 Å². The lowest BCUT2D eigenvalue weighted by Gasteiger charge is -2.14. The summed E-state index contributed by atoms with van der Waals surface area (Å²) in [5, 5.41) is 9.08. The summed E-state index contributed by atoms with van der Waals surface area (Å²) < 4.78 is 26.0. The lowest BCUT2D eigenvalue weighted by atomic mass is 10.3. The minimum absolute atomic E-state index is 0.111. The van der Waals surface area contributed by atoms with E-state index in [9.17, 15) is 8.42 Å². The molecular formula is C10H17NO3S3. The van der Waals surface area contributed by atoms with Crippen LogP contribution in [0.15, 0.2) is 10.3 Å². The number of aliphatic hydroxyl groups excluding tert-OH is 1. The highest BCUT2D eigenvalue weighted by molar-refractivity contribution is 7.98. The van der Waals surface area contributed by atoms with Crippen molar-refractivity contribution in [1.82, 2.24) is 4.31 Å². The number of hydrogen-bond acceptors (Lipinski definition) is 5. The lowest BCUT2D eigenvalue weighted by Crippen LogP contribution is -2.28. The van der Waals surface area contributed by atoms with Crippen LogP contribution in [0.4, 0.5) is 0 Å². The SMILES string of the molecule is CSCCN(C)S(=O)(=O)c1cc(C)c(CO)s1. The summed E-state index contributed by atoms with van der Waals surface area (Å²) in [6.45, 7) is 2.19. The van der Waals surface area contributed by atoms with E-state index in [1.54, 1.807) is 24.9 Å². The van der Waals surface area contributed by atoms with Crippen LogP contribution in [-0.4, -0.2) is 43.4 Å². The van der Waals surface area contributed by atoms with E-state index in [2.05, 4.69) is 0 Å². The van der Waals surface area contributed by atoms with Crippen molar-refractivity contribution < 1.29 is 13.5 Å². The van der Waals surface area contributed by atoms with Gasteiger partial charge in [0, 0.05) is 24.2 Å². The second kappa shape index (κ2) is 6.19. The zero-order valence-electron chi connectivity index (χ0n) is 10.1. The molecule has 0 saturated carbocycles. The van der Waals surface area contributed by atoms with Crippen LogP contribution in [0, 0.1) is 6.92 Å². The van der Waals surface area contributed by atoms with Gasteiger partial charge in [-0.05, 0) is 24.8 Å². The van der Waals surface area contributed by atoms with E-state index < -0.39 is 10.0 Å². The molecule has 1 heterocycles. The Kier molecular flexibility index (Phi) is 5.46. The van der Waals surface area contributed by atoms with Crippen molar-refractivity contribution in [3.63, 3.8) is 0 Å². The maximum atomic E-state index is 12.2. The van der Waals surface area contributed by atoms with E-state index in [1.165, 1.54) is 4.31 Å². The maximum Gasteiger partial charge on any atom is 0.252 e. The molecule has 0 spiro atoms. The van der Waals surface area contributed by atoms with Crippen molar-refractivity contribution >= 4 is 33.1 Å². The van der Waals surface area contributed by atoms with Crippen molar-refractivity contribution in [3.05, 3.63) is 16.5 Å². The number of aryl methyl sites for hydroxylation is 1. The van der Waals surface area contributed by atoms with Gasteiger partial charge in [0.25, 0.3) is 10.0 Å². The summed E-state index contributed by atoms with van der Waals surface area (Å²) in [6, 6.07) is 1.63. The zero-order chi connectivity index (χ0) is 13.1. The van der Waals surface area contributed by atoms with Crippen molar-refractivity contribution in [1.29, 1.82) is 0 Å². The Morgan fingerprint density at radius 2 is 2.18 bits per heavy atom. The third kappa shape index (κ3) is 3.45. The molecule has 0 atom stereocenters. The predicted molar refractivity (Wildman–Crippen MR) is 73.2 cm³/mol. The van der Waals surface area contributed by atoms with Gasteiger partial charge in [-0.2, -0.15) is 16.1 Å². The summed E-state index contributed by atoms with van der Waals surface area (Å²) in [4.78, 5) is 0.710. The second-order valence-electron chi connectivity index (χ2n) is 3.65. The van der Waals surface area contributed by atoms with Crippen molar-refractivity contribution in [3.8, 4) is 0 Å². The van der Waals surface area contributed by atoms with Gasteiger partial charge in [-0.1, -0.05) is 0 Å². The Labute approximate surface area is 111 Å². The average molecular weight is 295 g/mol. The van der Waals surface area contributed by atoms with Crippen LogP contribution in [0.3, 0.4) is 0 Å². The monoisotopic (exact) mass is 295 g/mol. The largest absolute Gasteiger partial charge is 0.391 e. The third-order valence-corrected chi connectivity index (χ3v) is 6.54. The first-order valence-corrected chi connectivity index (χ1v) is 8.74. The highest BCUT2D eigenvalue weighted by Gasteiger charge is 2.23. The standard InChI is InChI=1S/C10H17NO3S3/c1-8-6-10(16-9(8)7-12)17(13,14)11(2)4-5-15-3/h6,12H,4-5,7H2,1-3H3. The number of aliphatic hydroxyl groups is 1. The molecule has 0 saturated heterocycles. The average Bonchev–Trinajstić information content (AvgIpc) is 2.67. The van der Waals surface area contributed by atoms with Gasteiger partial charge >= 0.3 is 0 Å². The quantitative estimate of drug-likeness (QED) is 0.865. The van der Waals surface area contributed by atoms with Crippen LogP contribution >= 0.6 is 23.1 Å². The van der Waals surface area contributed by atoms with Crippen molar-refractivity contribution in [2.75, 3.05) is 25.6 Å². The maximum absolute atomic E-state index is 12.2. The van der Waals surface area contributed by atoms with Gasteiger partial charge < -0.3 is 5.11 Å². The van der Waals surface area contributed by atoms with Gasteiger partial charge in [-0.3, -0.25) is 0 Å². The van der Waals surface area contributed by atoms with E-state index in [0.29, 0.717) is 15.6 Å². The number of thioether (sulfide) groups is 1. The normalized spacial score (nSPS) is 12.3. The van der Waals surface area contributed by atoms with Gasteiger partial charge in [-0.15, -0.1) is 11.3 Å². The molecule has 98 valence electrons. The molecule has 0 unspecified atom stereocenters. The molecule has 0 aliphatic carbocycles. The predicted octanol–water partition coefficient (Wildman–Crippen LogP) is 1.53. The Morgan fingerprint density at radius 3 is 2.65 bits per heavy atom. The van der Waals surface area contributed by atoms with Crippen LogP contribution in [0.2, 0.25) is 0 Å². The fourth-order valence-corrected chi connectivity index (χ4v) is 4.67. The fraction of sp³-hybridized carbons (Fsp3) is 0.600. The summed E-state index contributed by atoms with van der Waals surface area (Å²) in [6.07, 6.45) is 1.94. The first kappa shape index (κ1) is 15.0. The summed E-state index contributed by atoms with van der Waals surface area (Å²) >= 11 is 2.75. The molecule has 0 aromatic carbocycles. The number of sulfonamides is 1. The Balaban J connectivity index is 2.96. The van der Waals surface area contributed by atoms with Gasteiger partial charge in [0.05, 0.1) is 6.61 Å². The molecule has 0 radical (unpaired) electrons. The second-order valence-corrected chi connectivity index (χ2v) is 8.04. The summed E-state index contributed by atoms with van der Waals surface area (Å²) in [7, 11) is -1.81. The van der Waals surface area contributed by atoms with E-state index in [0.717, 1.165) is 22.7 Å². The number of nitrogens with zero attached hydrogens (tertiary/aromatic N) is 1. The Bertz CT molecular complexity index is 467. The minimum atomic E-state index is -3.40. The third-order valence-electron chi connectivity index (χ3n) is 2.42. The first-order valence-electron chi connectivity index (χ1n) is 5.09. The molecule has 1 aromatic rings. The molecule has 17 heavy (non-hydrogen) atoms. The van der Waals surface area contributed by atoms with Crippen molar-refractivity contribution in [2.45, 2.75) is 17.7 Å². The molecule has 7 heteroatoms. The highest BCUT2D eigenvalue weighted by atomic mass is 32.2. The zero-order valence-corrected chi connectivity index (χ0v) is 12.6. The molecular weight excluding hydrogens is 278 g/mol. The molecule has 0 fully saturated rings. The highest BCUT2D eigenvalue weighted by Crippen LogP contribution is 2.27. The minimum Gasteiger partial charge on any atom is -0.391 e. The molecule has 0 aliphatic heterocycles. The van der Waals surface area contributed by atoms with Gasteiger partial charge in [0.2, 0.25) is 0 Å². The van der Waals surface area contributed by atoms with Crippen LogP contribution < -0.4 is 0 Å². The molecule has 0 bridgehead atoms. The number of thiophene rings is 1. The van der Waals surface area contributed by atoms with E-state index >= 15 is 0 Å². The smallest absolute Gasteiger partial charge is 0.252 e. The molecule has 1 rings (SSSR count). The van der Waals surface area contributed by atoms with Gasteiger partial charge in [0.15, 0.2) is 0 Å². The first-order chi connectivity index (χ1) is 7.93. The molecule has 1 aromatic heterocycles. The number of hydrogen-bond donors (Lipinski definition) is 1. The van der Waals surface area contributed by atoms with Crippen LogP contribution in [0.25, 0.3) is 0 Å². The summed E-state index contributed by atoms with van der Waals surface area (Å²) in [5.74, 6) is 0.771. The van der Waals surface area contributed by atoms with Crippen molar-refractivity contribution in [2.24, 2.45) is 0 Å². The van der Waals surface area contributed by atoms with E-state index in [1.807, 2.05) is 13.2 Å². The molecule has 1 N–H and O–H groups in total. The number of rotatable bonds is 6. The van der Waals surface area contributed by atoms with Gasteiger partial charge in [-0.25, -0.2) is 8.42 Å². The summed E-state index contributed by atoms with van der Waals surface area (Å²) in [5.41, 5.74) is 0.828. The van der Waals surface area contributed by atoms with E-state index in [-0.39, 0.29) is 6.61 Å². The fourth-order valence-electron chi connectivity index (χ4n) is 1.27. The van der Waals surface area contributed by atoms with Crippen LogP contribution in [0.5, 0.6) is 0 Å². The Morgan fingerprint density at radius 1 is 1.53 bits per heavy atom. The Hall–Kier alpha value is -0.0800. The molecule has 0 aliphatic rings. The van der Waals surface area contributed by atoms with Crippen LogP contribution in [-0.2, 0) is 16.6 Å².